The van der Waals surface area contributed by atoms with Crippen molar-refractivity contribution >= 4 is 17.6 Å². The smallest absolute Gasteiger partial charge is 0.239 e. The average Bonchev–Trinajstić information content (AvgIpc) is 2.46. The summed E-state index contributed by atoms with van der Waals surface area (Å²) in [6.07, 6.45) is 0.814. The molecule has 0 bridgehead atoms. The van der Waals surface area contributed by atoms with Gasteiger partial charge in [-0.1, -0.05) is 19.0 Å². The highest BCUT2D eigenvalue weighted by Crippen LogP contribution is 2.29. The quantitative estimate of drug-likeness (QED) is 0.262. The molecule has 0 aliphatic heterocycles. The Morgan fingerprint density at radius 2 is 1.80 bits per heavy atom. The topological polar surface area (TPSA) is 108 Å². The highest BCUT2D eigenvalue weighted by molar-refractivity contribution is 6.07. The Hall–Kier alpha value is -1.79. The van der Waals surface area contributed by atoms with E-state index in [1.165, 1.54) is 4.90 Å². The van der Waals surface area contributed by atoms with Crippen LogP contribution in [-0.2, 0) is 9.59 Å². The minimum atomic E-state index is -1.06. The third-order valence-corrected chi connectivity index (χ3v) is 3.59. The van der Waals surface area contributed by atoms with Crippen molar-refractivity contribution in [1.82, 2.24) is 10.2 Å². The van der Waals surface area contributed by atoms with Gasteiger partial charge in [0.1, 0.15) is 5.41 Å². The summed E-state index contributed by atoms with van der Waals surface area (Å²) in [6, 6.07) is 0. The first-order chi connectivity index (χ1) is 9.43. The zero-order valence-electron chi connectivity index (χ0n) is 12.8. The Labute approximate surface area is 120 Å². The Bertz CT molecular complexity index is 365. The molecule has 4 N–H and O–H groups in total. The maximum Gasteiger partial charge on any atom is 0.239 e. The SMILES string of the molecule is CCNC(=O)CN(CC)C(=O)C(CC)(CC)C(N)=NO. The van der Waals surface area contributed by atoms with Crippen molar-refractivity contribution in [2.45, 2.75) is 40.5 Å². The third-order valence-electron chi connectivity index (χ3n) is 3.59. The summed E-state index contributed by atoms with van der Waals surface area (Å²) in [7, 11) is 0. The van der Waals surface area contributed by atoms with Crippen molar-refractivity contribution < 1.29 is 14.8 Å². The zero-order valence-corrected chi connectivity index (χ0v) is 12.8. The summed E-state index contributed by atoms with van der Waals surface area (Å²) in [6.45, 7) is 8.09. The fourth-order valence-corrected chi connectivity index (χ4v) is 2.18. The molecule has 0 atom stereocenters. The fraction of sp³-hybridized carbons (Fsp3) is 0.769. The Morgan fingerprint density at radius 3 is 2.15 bits per heavy atom. The Morgan fingerprint density at radius 1 is 1.25 bits per heavy atom. The van der Waals surface area contributed by atoms with Gasteiger partial charge in [-0.15, -0.1) is 0 Å². The molecule has 0 aromatic carbocycles. The van der Waals surface area contributed by atoms with Crippen molar-refractivity contribution in [3.63, 3.8) is 0 Å². The van der Waals surface area contributed by atoms with Crippen molar-refractivity contribution in [2.24, 2.45) is 16.3 Å². The van der Waals surface area contributed by atoms with Crippen molar-refractivity contribution in [1.29, 1.82) is 0 Å². The van der Waals surface area contributed by atoms with Crippen molar-refractivity contribution in [3.05, 3.63) is 0 Å². The van der Waals surface area contributed by atoms with Crippen LogP contribution in [0.25, 0.3) is 0 Å². The van der Waals surface area contributed by atoms with Crippen LogP contribution < -0.4 is 11.1 Å². The van der Waals surface area contributed by atoms with Crippen LogP contribution >= 0.6 is 0 Å². The van der Waals surface area contributed by atoms with Crippen molar-refractivity contribution in [3.8, 4) is 0 Å². The van der Waals surface area contributed by atoms with Gasteiger partial charge in [-0.3, -0.25) is 9.59 Å². The predicted molar refractivity (Wildman–Crippen MR) is 77.4 cm³/mol. The van der Waals surface area contributed by atoms with E-state index >= 15 is 0 Å². The number of nitrogens with one attached hydrogen (secondary N) is 1. The number of likely N-dealkylation sites (N-methyl/N-ethyl adjacent to an activating group) is 2. The standard InChI is InChI=1S/C13H26N4O3/c1-5-13(6-2,11(14)16-20)12(19)17(8-4)9-10(18)15-7-3/h20H,5-9H2,1-4H3,(H2,14,16)(H,15,18). The first-order valence-electron chi connectivity index (χ1n) is 6.97. The van der Waals surface area contributed by atoms with Crippen LogP contribution in [0.15, 0.2) is 5.16 Å². The number of hydrogen-bond donors (Lipinski definition) is 3. The van der Waals surface area contributed by atoms with Crippen LogP contribution in [0.3, 0.4) is 0 Å². The largest absolute Gasteiger partial charge is 0.409 e. The molecule has 0 spiro atoms. The minimum absolute atomic E-state index is 0.0242. The summed E-state index contributed by atoms with van der Waals surface area (Å²) in [5, 5.41) is 14.6. The monoisotopic (exact) mass is 286 g/mol. The van der Waals surface area contributed by atoms with Gasteiger partial charge in [0.15, 0.2) is 5.84 Å². The molecule has 2 amide bonds. The van der Waals surface area contributed by atoms with Gasteiger partial charge < -0.3 is 21.2 Å². The van der Waals surface area contributed by atoms with Crippen LogP contribution in [0.2, 0.25) is 0 Å². The second-order valence-corrected chi connectivity index (χ2v) is 4.55. The van der Waals surface area contributed by atoms with E-state index in [2.05, 4.69) is 10.5 Å². The molecule has 0 aliphatic carbocycles. The number of hydrogen-bond acceptors (Lipinski definition) is 4. The third kappa shape index (κ3) is 3.85. The molecule has 0 saturated carbocycles. The lowest BCUT2D eigenvalue weighted by Gasteiger charge is -2.34. The number of carbonyl (C=O) groups excluding carboxylic acids is 2. The number of nitrogens with zero attached hydrogens (tertiary/aromatic N) is 2. The number of rotatable bonds is 8. The highest BCUT2D eigenvalue weighted by Gasteiger charge is 2.42. The Kier molecular flexibility index (Phi) is 7.64. The highest BCUT2D eigenvalue weighted by atomic mass is 16.4. The van der Waals surface area contributed by atoms with Gasteiger partial charge in [-0.05, 0) is 26.7 Å². The lowest BCUT2D eigenvalue weighted by atomic mass is 9.79. The fourth-order valence-electron chi connectivity index (χ4n) is 2.18. The molecule has 116 valence electrons. The number of oxime groups is 1. The van der Waals surface area contributed by atoms with Gasteiger partial charge in [0.25, 0.3) is 0 Å². The first-order valence-corrected chi connectivity index (χ1v) is 6.97. The van der Waals surface area contributed by atoms with Crippen LogP contribution in [0.5, 0.6) is 0 Å². The maximum atomic E-state index is 12.7. The number of amides is 2. The molecule has 20 heavy (non-hydrogen) atoms. The molecule has 0 radical (unpaired) electrons. The maximum absolute atomic E-state index is 12.7. The summed E-state index contributed by atoms with van der Waals surface area (Å²) in [5.74, 6) is -0.614. The summed E-state index contributed by atoms with van der Waals surface area (Å²) in [4.78, 5) is 25.7. The summed E-state index contributed by atoms with van der Waals surface area (Å²) >= 11 is 0. The summed E-state index contributed by atoms with van der Waals surface area (Å²) < 4.78 is 0. The van der Waals surface area contributed by atoms with Gasteiger partial charge in [-0.2, -0.15) is 0 Å². The summed E-state index contributed by atoms with van der Waals surface area (Å²) in [5.41, 5.74) is 4.65. The van der Waals surface area contributed by atoms with E-state index in [0.29, 0.717) is 25.9 Å². The molecule has 0 fully saturated rings. The van der Waals surface area contributed by atoms with Crippen LogP contribution in [-0.4, -0.2) is 47.4 Å². The molecule has 0 aromatic heterocycles. The van der Waals surface area contributed by atoms with E-state index in [4.69, 9.17) is 10.9 Å². The zero-order chi connectivity index (χ0) is 15.8. The van der Waals surface area contributed by atoms with Gasteiger partial charge in [0.2, 0.25) is 11.8 Å². The molecule has 0 unspecified atom stereocenters. The molecule has 7 heteroatoms. The predicted octanol–water partition coefficient (Wildman–Crippen LogP) is 0.524. The molecular formula is C13H26N4O3. The van der Waals surface area contributed by atoms with Gasteiger partial charge in [-0.25, -0.2) is 0 Å². The molecular weight excluding hydrogens is 260 g/mol. The molecule has 0 aromatic rings. The minimum Gasteiger partial charge on any atom is -0.409 e. The van der Waals surface area contributed by atoms with E-state index in [-0.39, 0.29) is 24.2 Å². The van der Waals surface area contributed by atoms with E-state index in [9.17, 15) is 9.59 Å². The lowest BCUT2D eigenvalue weighted by molar-refractivity contribution is -0.142. The lowest BCUT2D eigenvalue weighted by Crippen LogP contribution is -2.53. The van der Waals surface area contributed by atoms with Gasteiger partial charge in [0.05, 0.1) is 6.54 Å². The first kappa shape index (κ1) is 18.2. The number of carbonyl (C=O) groups is 2. The molecule has 0 aliphatic rings. The van der Waals surface area contributed by atoms with Crippen LogP contribution in [0.1, 0.15) is 40.5 Å². The second kappa shape index (κ2) is 8.39. The second-order valence-electron chi connectivity index (χ2n) is 4.55. The van der Waals surface area contributed by atoms with E-state index < -0.39 is 5.41 Å². The molecule has 0 saturated heterocycles. The van der Waals surface area contributed by atoms with E-state index in [0.717, 1.165) is 0 Å². The average molecular weight is 286 g/mol. The Balaban J connectivity index is 5.26. The van der Waals surface area contributed by atoms with Crippen molar-refractivity contribution in [2.75, 3.05) is 19.6 Å². The van der Waals surface area contributed by atoms with Crippen LogP contribution in [0.4, 0.5) is 0 Å². The number of nitrogens with two attached hydrogens (primary N) is 1. The van der Waals surface area contributed by atoms with E-state index in [1.54, 1.807) is 20.8 Å². The molecule has 0 rings (SSSR count). The number of amidine groups is 1. The van der Waals surface area contributed by atoms with Gasteiger partial charge in [0, 0.05) is 13.1 Å². The normalized spacial score (nSPS) is 12.1. The molecule has 0 heterocycles. The van der Waals surface area contributed by atoms with Gasteiger partial charge >= 0.3 is 0 Å². The molecule has 7 nitrogen and oxygen atoms in total. The van der Waals surface area contributed by atoms with E-state index in [1.807, 2.05) is 6.92 Å². The van der Waals surface area contributed by atoms with Crippen LogP contribution in [0, 0.1) is 5.41 Å².